The van der Waals surface area contributed by atoms with E-state index in [0.717, 1.165) is 10.8 Å². The lowest BCUT2D eigenvalue weighted by Gasteiger charge is -2.21. The summed E-state index contributed by atoms with van der Waals surface area (Å²) in [6.45, 7) is 6.25. The molecule has 0 radical (unpaired) electrons. The van der Waals surface area contributed by atoms with Crippen LogP contribution in [0, 0.1) is 12.8 Å². The van der Waals surface area contributed by atoms with E-state index in [1.54, 1.807) is 30.5 Å². The van der Waals surface area contributed by atoms with Crippen molar-refractivity contribution in [2.75, 3.05) is 0 Å². The number of aryl methyl sites for hydroxylation is 2. The lowest BCUT2D eigenvalue weighted by Crippen LogP contribution is -2.33. The Labute approximate surface area is 173 Å². The van der Waals surface area contributed by atoms with Gasteiger partial charge in [-0.2, -0.15) is 0 Å². The van der Waals surface area contributed by atoms with Crippen LogP contribution in [-0.2, 0) is 13.7 Å². The van der Waals surface area contributed by atoms with E-state index in [0.29, 0.717) is 28.0 Å². The van der Waals surface area contributed by atoms with Crippen molar-refractivity contribution in [1.82, 2.24) is 19.9 Å². The van der Waals surface area contributed by atoms with Gasteiger partial charge in [0.1, 0.15) is 28.1 Å². The molecule has 3 aromatic rings. The standard InChI is InChI=1S/C20H23ClN4O2S/c1-12(2)17(19-22-9-10-25(19)4)24-20(26)18-13(3)23-16(28-18)11-27-15-7-5-14(21)6-8-15/h5-10,12,17H,11H2,1-4H3,(H,24,26)/t17-/m0/s1. The van der Waals surface area contributed by atoms with Gasteiger partial charge in [0.2, 0.25) is 0 Å². The molecule has 3 rings (SSSR count). The molecule has 1 N–H and O–H groups in total. The summed E-state index contributed by atoms with van der Waals surface area (Å²) in [4.78, 5) is 22.3. The van der Waals surface area contributed by atoms with Gasteiger partial charge < -0.3 is 14.6 Å². The first-order valence-electron chi connectivity index (χ1n) is 8.98. The average Bonchev–Trinajstić information content (AvgIpc) is 3.24. The number of nitrogens with zero attached hydrogens (tertiary/aromatic N) is 3. The zero-order valence-corrected chi connectivity index (χ0v) is 17.8. The summed E-state index contributed by atoms with van der Waals surface area (Å²) in [7, 11) is 1.92. The Balaban J connectivity index is 1.70. The minimum absolute atomic E-state index is 0.144. The van der Waals surface area contributed by atoms with Crippen molar-refractivity contribution < 1.29 is 9.53 Å². The molecule has 0 fully saturated rings. The Hall–Kier alpha value is -2.38. The van der Waals surface area contributed by atoms with Crippen molar-refractivity contribution in [3.05, 3.63) is 63.1 Å². The van der Waals surface area contributed by atoms with Gasteiger partial charge in [-0.3, -0.25) is 4.79 Å². The normalized spacial score (nSPS) is 12.2. The van der Waals surface area contributed by atoms with Crippen LogP contribution in [0.4, 0.5) is 0 Å². The molecular weight excluding hydrogens is 396 g/mol. The zero-order chi connectivity index (χ0) is 20.3. The summed E-state index contributed by atoms with van der Waals surface area (Å²) >= 11 is 7.23. The fourth-order valence-electron chi connectivity index (χ4n) is 2.81. The van der Waals surface area contributed by atoms with Crippen LogP contribution >= 0.6 is 22.9 Å². The number of rotatable bonds is 7. The molecule has 1 atom stereocenters. The van der Waals surface area contributed by atoms with Crippen molar-refractivity contribution in [2.24, 2.45) is 13.0 Å². The number of carbonyl (C=O) groups is 1. The SMILES string of the molecule is Cc1nc(COc2ccc(Cl)cc2)sc1C(=O)N[C@H](c1nccn1C)C(C)C. The van der Waals surface area contributed by atoms with E-state index in [9.17, 15) is 4.79 Å². The number of benzene rings is 1. The van der Waals surface area contributed by atoms with Gasteiger partial charge in [-0.15, -0.1) is 11.3 Å². The molecule has 1 amide bonds. The van der Waals surface area contributed by atoms with Crippen LogP contribution in [0.25, 0.3) is 0 Å². The molecule has 2 heterocycles. The van der Waals surface area contributed by atoms with E-state index in [-0.39, 0.29) is 17.9 Å². The fraction of sp³-hybridized carbons (Fsp3) is 0.350. The zero-order valence-electron chi connectivity index (χ0n) is 16.3. The summed E-state index contributed by atoms with van der Waals surface area (Å²) in [6.07, 6.45) is 3.61. The number of ether oxygens (including phenoxy) is 1. The largest absolute Gasteiger partial charge is 0.486 e. The molecule has 2 aromatic heterocycles. The smallest absolute Gasteiger partial charge is 0.263 e. The van der Waals surface area contributed by atoms with Gasteiger partial charge in [-0.05, 0) is 37.1 Å². The Morgan fingerprint density at radius 3 is 2.64 bits per heavy atom. The first-order chi connectivity index (χ1) is 13.3. The summed E-state index contributed by atoms with van der Waals surface area (Å²) in [6, 6.07) is 6.97. The highest BCUT2D eigenvalue weighted by atomic mass is 35.5. The summed E-state index contributed by atoms with van der Waals surface area (Å²) in [5.41, 5.74) is 0.694. The maximum absolute atomic E-state index is 12.9. The maximum atomic E-state index is 12.9. The number of halogens is 1. The Kier molecular flexibility index (Phi) is 6.36. The van der Waals surface area contributed by atoms with Gasteiger partial charge in [-0.1, -0.05) is 25.4 Å². The molecule has 148 valence electrons. The van der Waals surface area contributed by atoms with Crippen molar-refractivity contribution in [1.29, 1.82) is 0 Å². The number of hydrogen-bond acceptors (Lipinski definition) is 5. The number of carbonyl (C=O) groups excluding carboxylic acids is 1. The number of thiazole rings is 1. The third-order valence-electron chi connectivity index (χ3n) is 4.31. The van der Waals surface area contributed by atoms with Crippen LogP contribution in [0.2, 0.25) is 5.02 Å². The fourth-order valence-corrected chi connectivity index (χ4v) is 3.82. The van der Waals surface area contributed by atoms with E-state index in [1.165, 1.54) is 11.3 Å². The van der Waals surface area contributed by atoms with Crippen LogP contribution in [0.3, 0.4) is 0 Å². The minimum atomic E-state index is -0.178. The first-order valence-corrected chi connectivity index (χ1v) is 10.2. The summed E-state index contributed by atoms with van der Waals surface area (Å²) < 4.78 is 7.66. The summed E-state index contributed by atoms with van der Waals surface area (Å²) in [5, 5.41) is 4.51. The van der Waals surface area contributed by atoms with Crippen molar-refractivity contribution in [3.63, 3.8) is 0 Å². The van der Waals surface area contributed by atoms with Crippen LogP contribution in [0.15, 0.2) is 36.7 Å². The monoisotopic (exact) mass is 418 g/mol. The van der Waals surface area contributed by atoms with E-state index >= 15 is 0 Å². The molecule has 0 spiro atoms. The van der Waals surface area contributed by atoms with Crippen LogP contribution in [0.1, 0.15) is 46.1 Å². The van der Waals surface area contributed by atoms with Crippen LogP contribution < -0.4 is 10.1 Å². The van der Waals surface area contributed by atoms with Crippen LogP contribution in [-0.4, -0.2) is 20.4 Å². The molecule has 1 aromatic carbocycles. The van der Waals surface area contributed by atoms with Crippen LogP contribution in [0.5, 0.6) is 5.75 Å². The molecule has 0 unspecified atom stereocenters. The Bertz CT molecular complexity index is 950. The molecule has 0 bridgehead atoms. The van der Waals surface area contributed by atoms with E-state index < -0.39 is 0 Å². The van der Waals surface area contributed by atoms with Crippen molar-refractivity contribution in [2.45, 2.75) is 33.4 Å². The van der Waals surface area contributed by atoms with Gasteiger partial charge in [0.25, 0.3) is 5.91 Å². The average molecular weight is 419 g/mol. The number of aromatic nitrogens is 3. The number of hydrogen-bond donors (Lipinski definition) is 1. The van der Waals surface area contributed by atoms with E-state index in [4.69, 9.17) is 16.3 Å². The molecule has 6 nitrogen and oxygen atoms in total. The lowest BCUT2D eigenvalue weighted by molar-refractivity contribution is 0.0925. The van der Waals surface area contributed by atoms with Gasteiger partial charge >= 0.3 is 0 Å². The molecule has 0 saturated carbocycles. The highest BCUT2D eigenvalue weighted by molar-refractivity contribution is 7.13. The van der Waals surface area contributed by atoms with Gasteiger partial charge in [-0.25, -0.2) is 9.97 Å². The minimum Gasteiger partial charge on any atom is -0.486 e. The molecule has 0 aliphatic rings. The summed E-state index contributed by atoms with van der Waals surface area (Å²) in [5.74, 6) is 1.59. The highest BCUT2D eigenvalue weighted by Gasteiger charge is 2.25. The highest BCUT2D eigenvalue weighted by Crippen LogP contribution is 2.24. The van der Waals surface area contributed by atoms with Gasteiger partial charge in [0.15, 0.2) is 0 Å². The topological polar surface area (TPSA) is 69.0 Å². The lowest BCUT2D eigenvalue weighted by atomic mass is 10.0. The first kappa shape index (κ1) is 20.4. The van der Waals surface area contributed by atoms with Gasteiger partial charge in [0, 0.05) is 24.5 Å². The molecule has 8 heteroatoms. The molecule has 0 aliphatic heterocycles. The second-order valence-electron chi connectivity index (χ2n) is 6.86. The van der Waals surface area contributed by atoms with Crippen molar-refractivity contribution in [3.8, 4) is 5.75 Å². The number of imidazole rings is 1. The second-order valence-corrected chi connectivity index (χ2v) is 8.38. The quantitative estimate of drug-likeness (QED) is 0.611. The Morgan fingerprint density at radius 2 is 2.04 bits per heavy atom. The van der Waals surface area contributed by atoms with Crippen molar-refractivity contribution >= 4 is 28.8 Å². The predicted octanol–water partition coefficient (Wildman–Crippen LogP) is 4.54. The number of nitrogens with one attached hydrogen (secondary N) is 1. The van der Waals surface area contributed by atoms with E-state index in [1.807, 2.05) is 24.7 Å². The Morgan fingerprint density at radius 1 is 1.32 bits per heavy atom. The van der Waals surface area contributed by atoms with E-state index in [2.05, 4.69) is 29.1 Å². The third-order valence-corrected chi connectivity index (χ3v) is 5.69. The molecular formula is C20H23ClN4O2S. The number of amides is 1. The van der Waals surface area contributed by atoms with Gasteiger partial charge in [0.05, 0.1) is 11.7 Å². The maximum Gasteiger partial charge on any atom is 0.263 e. The molecule has 0 aliphatic carbocycles. The second kappa shape index (κ2) is 8.75. The third kappa shape index (κ3) is 4.72. The predicted molar refractivity (Wildman–Crippen MR) is 111 cm³/mol. The molecule has 0 saturated heterocycles. The molecule has 28 heavy (non-hydrogen) atoms.